The van der Waals surface area contributed by atoms with Gasteiger partial charge in [0.15, 0.2) is 11.6 Å². The molecule has 2 aliphatic carbocycles. The van der Waals surface area contributed by atoms with Crippen molar-refractivity contribution in [3.8, 4) is 12.1 Å². The highest BCUT2D eigenvalue weighted by molar-refractivity contribution is 5.67. The minimum Gasteiger partial charge on any atom is -0.430 e. The Kier molecular flexibility index (Phi) is 9.83. The summed E-state index contributed by atoms with van der Waals surface area (Å²) in [6.45, 7) is 0. The van der Waals surface area contributed by atoms with Crippen molar-refractivity contribution in [1.29, 1.82) is 10.5 Å². The summed E-state index contributed by atoms with van der Waals surface area (Å²) in [5.41, 5.74) is 9.17. The van der Waals surface area contributed by atoms with Crippen LogP contribution >= 0.6 is 0 Å². The zero-order chi connectivity index (χ0) is 44.6. The topological polar surface area (TPSA) is 295 Å². The molecule has 0 radical (unpaired) electrons. The van der Waals surface area contributed by atoms with Crippen LogP contribution in [0.3, 0.4) is 0 Å². The SMILES string of the molecule is N#C[C@@]1(c2ccc3c(N)ncnn23)O[C@H](CC(OC(=O)OC(C[C@H]2O[C@@](C#N)(c3ccc4c(N)ncnn34)[C@H](O)[C@@H]2O)C2(c3ccccc3)CC2)C2(c3ccccc3)CC2)[C@@H](O)[C@H]1O. The Balaban J connectivity index is 0.960. The van der Waals surface area contributed by atoms with E-state index >= 15 is 0 Å². The van der Waals surface area contributed by atoms with Crippen molar-refractivity contribution in [2.75, 3.05) is 11.5 Å². The van der Waals surface area contributed by atoms with Crippen LogP contribution in [0.1, 0.15) is 61.0 Å². The minimum atomic E-state index is -2.09. The Hall–Kier alpha value is -6.71. The lowest BCUT2D eigenvalue weighted by molar-refractivity contribution is -0.0878. The second-order valence-corrected chi connectivity index (χ2v) is 17.2. The molecule has 2 aliphatic heterocycles. The third-order valence-electron chi connectivity index (χ3n) is 13.9. The number of rotatable bonds is 12. The first-order chi connectivity index (χ1) is 30.9. The number of nitrogens with zero attached hydrogens (tertiary/aromatic N) is 8. The van der Waals surface area contributed by atoms with Crippen molar-refractivity contribution in [1.82, 2.24) is 29.2 Å². The number of carbonyl (C=O) groups excluding carboxylic acids is 1. The van der Waals surface area contributed by atoms with Gasteiger partial charge < -0.3 is 50.8 Å². The predicted molar refractivity (Wildman–Crippen MR) is 222 cm³/mol. The minimum absolute atomic E-state index is 0.122. The summed E-state index contributed by atoms with van der Waals surface area (Å²) in [6, 6.07) is 29.2. The number of ether oxygens (including phenoxy) is 4. The van der Waals surface area contributed by atoms with E-state index in [2.05, 4.69) is 32.3 Å². The van der Waals surface area contributed by atoms with Gasteiger partial charge in [-0.05, 0) is 61.1 Å². The lowest BCUT2D eigenvalue weighted by Gasteiger charge is -2.33. The number of nitrogen functional groups attached to an aromatic ring is 2. The van der Waals surface area contributed by atoms with Crippen LogP contribution in [0.25, 0.3) is 11.0 Å². The van der Waals surface area contributed by atoms with Crippen LogP contribution < -0.4 is 11.5 Å². The fraction of sp³-hybridized carbons (Fsp3) is 0.400. The van der Waals surface area contributed by atoms with Gasteiger partial charge in [0.2, 0.25) is 11.2 Å². The number of fused-ring (bicyclic) bond motifs is 2. The van der Waals surface area contributed by atoms with E-state index in [0.717, 1.165) is 11.1 Å². The van der Waals surface area contributed by atoms with Crippen molar-refractivity contribution >= 4 is 28.8 Å². The van der Waals surface area contributed by atoms with E-state index in [-0.39, 0.29) is 35.9 Å². The van der Waals surface area contributed by atoms with Crippen LogP contribution in [0.5, 0.6) is 0 Å². The van der Waals surface area contributed by atoms with Crippen molar-refractivity contribution in [3.63, 3.8) is 0 Å². The van der Waals surface area contributed by atoms with Crippen molar-refractivity contribution < 1.29 is 44.2 Å². The van der Waals surface area contributed by atoms with Crippen molar-refractivity contribution in [2.24, 2.45) is 0 Å². The van der Waals surface area contributed by atoms with E-state index in [0.29, 0.717) is 36.7 Å². The summed E-state index contributed by atoms with van der Waals surface area (Å²) in [5.74, 6) is 0.265. The van der Waals surface area contributed by atoms with Crippen LogP contribution in [-0.2, 0) is 41.0 Å². The lowest BCUT2D eigenvalue weighted by atomic mass is 9.85. The first kappa shape index (κ1) is 41.3. The molecular formula is C45H44N10O9. The number of aromatic nitrogens is 6. The number of hydrogen-bond donors (Lipinski definition) is 6. The first-order valence-corrected chi connectivity index (χ1v) is 21.0. The highest BCUT2D eigenvalue weighted by atomic mass is 16.7. The Morgan fingerprint density at radius 2 is 1.06 bits per heavy atom. The summed E-state index contributed by atoms with van der Waals surface area (Å²) in [6.07, 6.45) is -7.71. The number of anilines is 2. The molecule has 10 atom stereocenters. The third-order valence-corrected chi connectivity index (χ3v) is 13.9. The molecule has 4 aliphatic rings. The third kappa shape index (κ3) is 6.26. The smallest absolute Gasteiger partial charge is 0.430 e. The molecule has 6 heterocycles. The van der Waals surface area contributed by atoms with Crippen molar-refractivity contribution in [2.45, 2.75) is 109 Å². The van der Waals surface area contributed by atoms with E-state index in [1.807, 2.05) is 60.7 Å². The van der Waals surface area contributed by atoms with Crippen LogP contribution in [0.15, 0.2) is 97.6 Å². The fourth-order valence-corrected chi connectivity index (χ4v) is 10.1. The molecule has 2 unspecified atom stereocenters. The van der Waals surface area contributed by atoms with Gasteiger partial charge in [-0.3, -0.25) is 0 Å². The molecule has 328 valence electrons. The van der Waals surface area contributed by atoms with Crippen LogP contribution in [0, 0.1) is 22.7 Å². The van der Waals surface area contributed by atoms with Gasteiger partial charge in [-0.25, -0.2) is 23.8 Å². The molecule has 0 spiro atoms. The van der Waals surface area contributed by atoms with Crippen molar-refractivity contribution in [3.05, 3.63) is 120 Å². The second kappa shape index (κ2) is 15.2. The second-order valence-electron chi connectivity index (χ2n) is 17.2. The Morgan fingerprint density at radius 1 is 0.672 bits per heavy atom. The summed E-state index contributed by atoms with van der Waals surface area (Å²) >= 11 is 0. The Morgan fingerprint density at radius 3 is 1.42 bits per heavy atom. The fourth-order valence-electron chi connectivity index (χ4n) is 10.1. The molecule has 6 aromatic rings. The Bertz CT molecular complexity index is 2630. The summed E-state index contributed by atoms with van der Waals surface area (Å²) in [7, 11) is 0. The molecule has 2 saturated carbocycles. The van der Waals surface area contributed by atoms with Gasteiger partial charge in [-0.1, -0.05) is 60.7 Å². The average molecular weight is 869 g/mol. The molecule has 0 bridgehead atoms. The molecule has 19 heteroatoms. The van der Waals surface area contributed by atoms with Gasteiger partial charge in [-0.2, -0.15) is 20.7 Å². The van der Waals surface area contributed by atoms with E-state index in [1.165, 1.54) is 33.8 Å². The summed E-state index contributed by atoms with van der Waals surface area (Å²) in [4.78, 5) is 22.5. The number of nitrogens with two attached hydrogens (primary N) is 2. The maximum Gasteiger partial charge on any atom is 0.508 e. The molecule has 0 amide bonds. The molecule has 2 saturated heterocycles. The molecule has 4 aromatic heterocycles. The molecule has 19 nitrogen and oxygen atoms in total. The van der Waals surface area contributed by atoms with Gasteiger partial charge in [-0.15, -0.1) is 0 Å². The van der Waals surface area contributed by atoms with Gasteiger partial charge in [0.25, 0.3) is 0 Å². The summed E-state index contributed by atoms with van der Waals surface area (Å²) < 4.78 is 28.1. The van der Waals surface area contributed by atoms with Crippen LogP contribution in [0.2, 0.25) is 0 Å². The monoisotopic (exact) mass is 868 g/mol. The number of nitriles is 2. The average Bonchev–Trinajstić information content (AvgIpc) is 4.17. The van der Waals surface area contributed by atoms with Gasteiger partial charge >= 0.3 is 6.16 Å². The molecular weight excluding hydrogens is 825 g/mol. The van der Waals surface area contributed by atoms with Gasteiger partial charge in [0, 0.05) is 23.7 Å². The van der Waals surface area contributed by atoms with E-state index < -0.39 is 77.0 Å². The number of aliphatic hydroxyl groups excluding tert-OH is 4. The lowest BCUT2D eigenvalue weighted by Crippen LogP contribution is -2.42. The van der Waals surface area contributed by atoms with E-state index in [9.17, 15) is 35.7 Å². The number of aliphatic hydroxyl groups is 4. The standard InChI is InChI=1S/C45H44N10O9/c46-21-44(31-13-11-27-39(48)50-23-52-54(27)31)37(58)35(56)29(63-44)19-33(42(15-16-42)25-7-3-1-4-8-25)61-41(60)62-34(43(17-18-43)26-9-5-2-6-10-26)20-30-36(57)38(59)45(22-47,64-30)32-14-12-28-40(49)51-24-53-55(28)32/h1-14,23-24,29-30,33-38,56-59H,15-20H2,(H2,48,50,52)(H2,49,51,53)/t29-,30-,33?,34?,35-,36-,37-,38-,44+,45+/m1/s1. The van der Waals surface area contributed by atoms with Crippen LogP contribution in [-0.4, -0.2) is 105 Å². The number of carbonyl (C=O) groups is 1. The van der Waals surface area contributed by atoms with Gasteiger partial charge in [0.1, 0.15) is 72.5 Å². The number of hydrogen-bond acceptors (Lipinski definition) is 17. The maximum absolute atomic E-state index is 14.5. The largest absolute Gasteiger partial charge is 0.508 e. The van der Waals surface area contributed by atoms with E-state index in [4.69, 9.17) is 30.4 Å². The van der Waals surface area contributed by atoms with Crippen LogP contribution in [0.4, 0.5) is 16.4 Å². The highest BCUT2D eigenvalue weighted by Gasteiger charge is 2.63. The molecule has 64 heavy (non-hydrogen) atoms. The molecule has 2 aromatic carbocycles. The summed E-state index contributed by atoms with van der Waals surface area (Å²) in [5, 5.41) is 76.1. The molecule has 4 fully saturated rings. The Labute approximate surface area is 365 Å². The molecule has 8 N–H and O–H groups in total. The first-order valence-electron chi connectivity index (χ1n) is 21.0. The zero-order valence-corrected chi connectivity index (χ0v) is 34.2. The maximum atomic E-state index is 14.5. The highest BCUT2D eigenvalue weighted by Crippen LogP contribution is 2.57. The quantitative estimate of drug-likeness (QED) is 0.0963. The molecule has 10 rings (SSSR count). The normalized spacial score (nSPS) is 29.7. The van der Waals surface area contributed by atoms with E-state index in [1.54, 1.807) is 12.1 Å². The predicted octanol–water partition coefficient (Wildman–Crippen LogP) is 2.45. The van der Waals surface area contributed by atoms with Gasteiger partial charge in [0.05, 0.1) is 23.6 Å². The zero-order valence-electron chi connectivity index (χ0n) is 34.2. The number of benzene rings is 2.